The summed E-state index contributed by atoms with van der Waals surface area (Å²) < 4.78 is 0. The molecule has 0 saturated carbocycles. The fourth-order valence-electron chi connectivity index (χ4n) is 2.16. The van der Waals surface area contributed by atoms with Gasteiger partial charge in [0.05, 0.1) is 6.04 Å². The van der Waals surface area contributed by atoms with Crippen molar-refractivity contribution in [2.45, 2.75) is 30.7 Å². The molecule has 1 N–H and O–H groups in total. The molecule has 1 unspecified atom stereocenters. The van der Waals surface area contributed by atoms with Crippen LogP contribution in [0.4, 0.5) is 0 Å². The molecule has 0 aliphatic carbocycles. The molecule has 0 spiro atoms. The highest BCUT2D eigenvalue weighted by Crippen LogP contribution is 2.31. The molecule has 16 heavy (non-hydrogen) atoms. The van der Waals surface area contributed by atoms with Gasteiger partial charge >= 0.3 is 0 Å². The van der Waals surface area contributed by atoms with Crippen molar-refractivity contribution < 1.29 is 4.79 Å². The summed E-state index contributed by atoms with van der Waals surface area (Å²) >= 11 is 1.92. The summed E-state index contributed by atoms with van der Waals surface area (Å²) in [7, 11) is 1.83. The highest BCUT2D eigenvalue weighted by molar-refractivity contribution is 7.99. The Morgan fingerprint density at radius 1 is 1.50 bits per heavy atom. The maximum absolute atomic E-state index is 11.5. The van der Waals surface area contributed by atoms with Gasteiger partial charge in [-0.15, -0.1) is 11.8 Å². The molecule has 2 nitrogen and oxygen atoms in total. The van der Waals surface area contributed by atoms with Gasteiger partial charge in [0.1, 0.15) is 0 Å². The van der Waals surface area contributed by atoms with Gasteiger partial charge < -0.3 is 5.32 Å². The van der Waals surface area contributed by atoms with Crippen LogP contribution in [0.5, 0.6) is 0 Å². The van der Waals surface area contributed by atoms with Crippen molar-refractivity contribution in [2.24, 2.45) is 0 Å². The van der Waals surface area contributed by atoms with Crippen molar-refractivity contribution in [1.29, 1.82) is 0 Å². The van der Waals surface area contributed by atoms with Gasteiger partial charge in [0.15, 0.2) is 5.78 Å². The number of rotatable bonds is 3. The van der Waals surface area contributed by atoms with E-state index in [0.717, 1.165) is 12.0 Å². The number of fused-ring (bicyclic) bond motifs is 1. The predicted molar refractivity (Wildman–Crippen MR) is 68.0 cm³/mol. The van der Waals surface area contributed by atoms with Crippen LogP contribution in [0, 0.1) is 0 Å². The number of likely N-dealkylation sites (N-methyl/N-ethyl adjacent to an activating group) is 1. The Hall–Kier alpha value is -0.800. The summed E-state index contributed by atoms with van der Waals surface area (Å²) in [5.41, 5.74) is 2.49. The lowest BCUT2D eigenvalue weighted by atomic mass is 9.99. The Morgan fingerprint density at radius 2 is 2.31 bits per heavy atom. The van der Waals surface area contributed by atoms with E-state index in [1.165, 1.54) is 22.6 Å². The third-order valence-electron chi connectivity index (χ3n) is 2.96. The molecule has 0 radical (unpaired) electrons. The second kappa shape index (κ2) is 5.02. The largest absolute Gasteiger partial charge is 0.307 e. The van der Waals surface area contributed by atoms with Crippen LogP contribution < -0.4 is 5.32 Å². The summed E-state index contributed by atoms with van der Waals surface area (Å²) in [5.74, 6) is 1.39. The molecule has 1 aromatic carbocycles. The number of aryl methyl sites for hydroxylation is 1. The van der Waals surface area contributed by atoms with Crippen LogP contribution in [-0.2, 0) is 11.2 Å². The summed E-state index contributed by atoms with van der Waals surface area (Å²) in [5, 5.41) is 3.07. The van der Waals surface area contributed by atoms with Gasteiger partial charge in [-0.1, -0.05) is 12.1 Å². The average molecular weight is 235 g/mol. The van der Waals surface area contributed by atoms with E-state index < -0.39 is 0 Å². The molecule has 1 aliphatic rings. The minimum absolute atomic E-state index is 0.155. The molecule has 0 fully saturated rings. The number of hydrogen-bond acceptors (Lipinski definition) is 3. The zero-order valence-electron chi connectivity index (χ0n) is 9.75. The Morgan fingerprint density at radius 3 is 3.00 bits per heavy atom. The number of carbonyl (C=O) groups excluding carboxylic acids is 1. The zero-order chi connectivity index (χ0) is 11.5. The first-order valence-electron chi connectivity index (χ1n) is 5.65. The van der Waals surface area contributed by atoms with Gasteiger partial charge in [-0.3, -0.25) is 4.79 Å². The van der Waals surface area contributed by atoms with E-state index in [1.807, 2.05) is 18.8 Å². The lowest BCUT2D eigenvalue weighted by Crippen LogP contribution is -2.23. The smallest absolute Gasteiger partial charge is 0.151 e. The first-order valence-corrected chi connectivity index (χ1v) is 6.64. The van der Waals surface area contributed by atoms with E-state index >= 15 is 0 Å². The van der Waals surface area contributed by atoms with Crippen LogP contribution in [0.3, 0.4) is 0 Å². The Labute approximate surface area is 101 Å². The van der Waals surface area contributed by atoms with Crippen molar-refractivity contribution >= 4 is 17.5 Å². The lowest BCUT2D eigenvalue weighted by Gasteiger charge is -2.19. The first kappa shape index (κ1) is 11.7. The van der Waals surface area contributed by atoms with Crippen LogP contribution in [0.15, 0.2) is 23.1 Å². The van der Waals surface area contributed by atoms with Gasteiger partial charge in [-0.05, 0) is 49.8 Å². The second-order valence-corrected chi connectivity index (χ2v) is 5.29. The normalized spacial score (nSPS) is 16.6. The van der Waals surface area contributed by atoms with Crippen molar-refractivity contribution in [1.82, 2.24) is 5.32 Å². The van der Waals surface area contributed by atoms with E-state index in [9.17, 15) is 4.79 Å². The van der Waals surface area contributed by atoms with Gasteiger partial charge in [0.25, 0.3) is 0 Å². The lowest BCUT2D eigenvalue weighted by molar-refractivity contribution is -0.119. The number of benzene rings is 1. The van der Waals surface area contributed by atoms with E-state index in [-0.39, 0.29) is 11.8 Å². The van der Waals surface area contributed by atoms with Crippen LogP contribution in [0.2, 0.25) is 0 Å². The highest BCUT2D eigenvalue weighted by atomic mass is 32.2. The maximum Gasteiger partial charge on any atom is 0.151 e. The van der Waals surface area contributed by atoms with E-state index in [4.69, 9.17) is 0 Å². The Bertz CT molecular complexity index is 403. The first-order chi connectivity index (χ1) is 7.72. The molecular formula is C13H17NOS. The monoisotopic (exact) mass is 235 g/mol. The number of ketones is 1. The summed E-state index contributed by atoms with van der Waals surface area (Å²) in [6.45, 7) is 1.63. The molecule has 1 atom stereocenters. The minimum atomic E-state index is -0.155. The highest BCUT2D eigenvalue weighted by Gasteiger charge is 2.17. The van der Waals surface area contributed by atoms with Crippen LogP contribution in [-0.4, -0.2) is 18.6 Å². The number of Topliss-reactive ketones (excluding diaryl/α,β-unsaturated/α-hetero) is 1. The molecule has 1 heterocycles. The summed E-state index contributed by atoms with van der Waals surface area (Å²) in [6, 6.07) is 6.25. The SMILES string of the molecule is CNC(C(C)=O)c1ccc2c(c1)CCCS2. The molecule has 3 heteroatoms. The fourth-order valence-corrected chi connectivity index (χ4v) is 3.18. The topological polar surface area (TPSA) is 29.1 Å². The van der Waals surface area contributed by atoms with E-state index in [2.05, 4.69) is 23.5 Å². The van der Waals surface area contributed by atoms with Crippen LogP contribution in [0.25, 0.3) is 0 Å². The van der Waals surface area contributed by atoms with Gasteiger partial charge in [-0.2, -0.15) is 0 Å². The quantitative estimate of drug-likeness (QED) is 0.873. The van der Waals surface area contributed by atoms with Crippen molar-refractivity contribution in [3.8, 4) is 0 Å². The third-order valence-corrected chi connectivity index (χ3v) is 4.16. The van der Waals surface area contributed by atoms with Crippen LogP contribution in [0.1, 0.15) is 30.5 Å². The molecule has 0 bridgehead atoms. The number of carbonyl (C=O) groups is 1. The average Bonchev–Trinajstić information content (AvgIpc) is 2.29. The number of thioether (sulfide) groups is 1. The second-order valence-electron chi connectivity index (χ2n) is 4.15. The maximum atomic E-state index is 11.5. The molecule has 0 aromatic heterocycles. The van der Waals surface area contributed by atoms with Crippen molar-refractivity contribution in [3.05, 3.63) is 29.3 Å². The van der Waals surface area contributed by atoms with Crippen LogP contribution >= 0.6 is 11.8 Å². The fraction of sp³-hybridized carbons (Fsp3) is 0.462. The van der Waals surface area contributed by atoms with E-state index in [0.29, 0.717) is 0 Å². The standard InChI is InChI=1S/C13H17NOS/c1-9(15)13(14-2)11-5-6-12-10(8-11)4-3-7-16-12/h5-6,8,13-14H,3-4,7H2,1-2H3. The molecule has 0 saturated heterocycles. The van der Waals surface area contributed by atoms with Gasteiger partial charge in [0.2, 0.25) is 0 Å². The number of hydrogen-bond donors (Lipinski definition) is 1. The summed E-state index contributed by atoms with van der Waals surface area (Å²) in [6.07, 6.45) is 2.38. The molecular weight excluding hydrogens is 218 g/mol. The molecule has 86 valence electrons. The summed E-state index contributed by atoms with van der Waals surface area (Å²) in [4.78, 5) is 12.9. The molecule has 1 aliphatic heterocycles. The molecule has 1 aromatic rings. The predicted octanol–water partition coefficient (Wildman–Crippen LogP) is 2.57. The Kier molecular flexibility index (Phi) is 3.66. The van der Waals surface area contributed by atoms with E-state index in [1.54, 1.807) is 6.92 Å². The Balaban J connectivity index is 2.32. The minimum Gasteiger partial charge on any atom is -0.307 e. The zero-order valence-corrected chi connectivity index (χ0v) is 10.6. The van der Waals surface area contributed by atoms with Gasteiger partial charge in [-0.25, -0.2) is 0 Å². The van der Waals surface area contributed by atoms with Crippen molar-refractivity contribution in [3.63, 3.8) is 0 Å². The number of nitrogens with one attached hydrogen (secondary N) is 1. The van der Waals surface area contributed by atoms with Crippen molar-refractivity contribution in [2.75, 3.05) is 12.8 Å². The third kappa shape index (κ3) is 2.30. The molecule has 2 rings (SSSR count). The molecule has 0 amide bonds. The van der Waals surface area contributed by atoms with Gasteiger partial charge in [0, 0.05) is 4.90 Å².